The van der Waals surface area contributed by atoms with E-state index in [2.05, 4.69) is 26.6 Å². The van der Waals surface area contributed by atoms with Gasteiger partial charge in [0.25, 0.3) is 0 Å². The number of nitrogens with zero attached hydrogens (tertiary/aromatic N) is 1. The number of alkyl halides is 1. The minimum Gasteiger partial charge on any atom is -0.494 e. The Morgan fingerprint density at radius 2 is 1.74 bits per heavy atom. The van der Waals surface area contributed by atoms with Crippen LogP contribution < -0.4 is 15.4 Å². The summed E-state index contributed by atoms with van der Waals surface area (Å²) in [6, 6.07) is 12.5. The van der Waals surface area contributed by atoms with Gasteiger partial charge in [-0.05, 0) is 68.3 Å². The number of nitrogens with one attached hydrogen (secondary N) is 2. The highest BCUT2D eigenvalue weighted by Crippen LogP contribution is 2.68. The first-order valence-corrected chi connectivity index (χ1v) is 15.3. The summed E-state index contributed by atoms with van der Waals surface area (Å²) in [6.45, 7) is 4.05. The molecule has 208 valence electrons. The largest absolute Gasteiger partial charge is 0.494 e. The highest BCUT2D eigenvalue weighted by molar-refractivity contribution is 9.09. The van der Waals surface area contributed by atoms with Crippen molar-refractivity contribution in [2.75, 3.05) is 23.8 Å². The third-order valence-corrected chi connectivity index (χ3v) is 11.4. The van der Waals surface area contributed by atoms with Crippen LogP contribution >= 0.6 is 39.3 Å². The van der Waals surface area contributed by atoms with E-state index >= 15 is 0 Å². The van der Waals surface area contributed by atoms with Crippen LogP contribution in [-0.2, 0) is 14.4 Å². The van der Waals surface area contributed by atoms with Crippen molar-refractivity contribution in [3.63, 3.8) is 0 Å². The summed E-state index contributed by atoms with van der Waals surface area (Å²) in [5, 5.41) is 16.5. The highest BCUT2D eigenvalue weighted by Gasteiger charge is 2.76. The number of aliphatic hydroxyl groups is 1. The van der Waals surface area contributed by atoms with Gasteiger partial charge in [0.05, 0.1) is 35.8 Å². The Labute approximate surface area is 245 Å². The van der Waals surface area contributed by atoms with Crippen LogP contribution in [0.1, 0.15) is 26.7 Å². The minimum absolute atomic E-state index is 0.0531. The number of carbonyl (C=O) groups is 3. The van der Waals surface area contributed by atoms with Crippen LogP contribution in [0.4, 0.5) is 11.4 Å². The Morgan fingerprint density at radius 3 is 2.33 bits per heavy atom. The van der Waals surface area contributed by atoms with Gasteiger partial charge in [0, 0.05) is 26.5 Å². The molecule has 3 amide bonds. The smallest absolute Gasteiger partial charge is 0.248 e. The summed E-state index contributed by atoms with van der Waals surface area (Å²) in [5.41, 5.74) is 1.17. The average Bonchev–Trinajstić information content (AvgIpc) is 3.51. The van der Waals surface area contributed by atoms with Crippen molar-refractivity contribution < 1.29 is 24.2 Å². The minimum atomic E-state index is -0.846. The zero-order valence-corrected chi connectivity index (χ0v) is 24.8. The number of carbonyl (C=O) groups excluding carboxylic acids is 3. The number of amides is 3. The quantitative estimate of drug-likeness (QED) is 0.349. The molecule has 3 unspecified atom stereocenters. The van der Waals surface area contributed by atoms with Gasteiger partial charge >= 0.3 is 0 Å². The molecule has 39 heavy (non-hydrogen) atoms. The van der Waals surface area contributed by atoms with Crippen molar-refractivity contribution >= 4 is 68.4 Å². The molecule has 3 aliphatic heterocycles. The van der Waals surface area contributed by atoms with Crippen molar-refractivity contribution in [2.24, 2.45) is 11.8 Å². The predicted molar refractivity (Wildman–Crippen MR) is 157 cm³/mol. The summed E-state index contributed by atoms with van der Waals surface area (Å²) in [5.74, 6) is -1.47. The first-order valence-electron chi connectivity index (χ1n) is 13.1. The molecule has 5 rings (SSSR count). The predicted octanol–water partition coefficient (Wildman–Crippen LogP) is 4.55. The fourth-order valence-electron chi connectivity index (χ4n) is 6.24. The van der Waals surface area contributed by atoms with Crippen LogP contribution in [0.5, 0.6) is 5.75 Å². The van der Waals surface area contributed by atoms with Gasteiger partial charge in [0.2, 0.25) is 17.7 Å². The van der Waals surface area contributed by atoms with Gasteiger partial charge in [-0.15, -0.1) is 11.8 Å². The highest BCUT2D eigenvalue weighted by atomic mass is 79.9. The van der Waals surface area contributed by atoms with Crippen molar-refractivity contribution in [3.8, 4) is 5.75 Å². The lowest BCUT2D eigenvalue weighted by Crippen LogP contribution is -2.55. The summed E-state index contributed by atoms with van der Waals surface area (Å²) in [4.78, 5) is 43.3. The van der Waals surface area contributed by atoms with Crippen LogP contribution in [0.2, 0.25) is 5.02 Å². The summed E-state index contributed by atoms with van der Waals surface area (Å²) >= 11 is 11.3. The average molecular weight is 637 g/mol. The zero-order valence-electron chi connectivity index (χ0n) is 21.6. The van der Waals surface area contributed by atoms with E-state index in [-0.39, 0.29) is 34.4 Å². The van der Waals surface area contributed by atoms with E-state index in [4.69, 9.17) is 16.3 Å². The lowest BCUT2D eigenvalue weighted by atomic mass is 9.70. The topological polar surface area (TPSA) is 108 Å². The molecule has 0 aliphatic carbocycles. The Balaban J connectivity index is 1.47. The number of hydrogen-bond acceptors (Lipinski definition) is 6. The fourth-order valence-corrected chi connectivity index (χ4v) is 9.97. The fraction of sp³-hybridized carbons (Fsp3) is 0.464. The third kappa shape index (κ3) is 4.94. The molecule has 2 bridgehead atoms. The molecule has 2 aromatic carbocycles. The molecule has 3 fully saturated rings. The van der Waals surface area contributed by atoms with Gasteiger partial charge in [-0.25, -0.2) is 0 Å². The Morgan fingerprint density at radius 1 is 1.13 bits per heavy atom. The summed E-state index contributed by atoms with van der Waals surface area (Å²) in [6.07, 6.45) is 1.04. The molecule has 3 saturated heterocycles. The molecule has 8 nitrogen and oxygen atoms in total. The molecule has 1 spiro atoms. The second kappa shape index (κ2) is 11.3. The number of ether oxygens (including phenoxy) is 1. The molecule has 3 N–H and O–H groups in total. The summed E-state index contributed by atoms with van der Waals surface area (Å²) < 4.78 is 4.68. The van der Waals surface area contributed by atoms with E-state index in [0.29, 0.717) is 41.6 Å². The number of fused-ring (bicyclic) bond motifs is 1. The first-order chi connectivity index (χ1) is 18.7. The Hall–Kier alpha value is -2.27. The van der Waals surface area contributed by atoms with Gasteiger partial charge in [-0.2, -0.15) is 0 Å². The van der Waals surface area contributed by atoms with Crippen molar-refractivity contribution in [2.45, 2.75) is 53.6 Å². The monoisotopic (exact) mass is 635 g/mol. The van der Waals surface area contributed by atoms with E-state index < -0.39 is 28.7 Å². The van der Waals surface area contributed by atoms with Crippen LogP contribution in [-0.4, -0.2) is 67.8 Å². The molecule has 3 heterocycles. The van der Waals surface area contributed by atoms with E-state index in [1.807, 2.05) is 13.8 Å². The Bertz CT molecular complexity index is 1240. The molecule has 0 saturated carbocycles. The van der Waals surface area contributed by atoms with E-state index in [0.717, 1.165) is 0 Å². The van der Waals surface area contributed by atoms with E-state index in [1.165, 1.54) is 0 Å². The summed E-state index contributed by atoms with van der Waals surface area (Å²) in [7, 11) is 0. The van der Waals surface area contributed by atoms with Crippen LogP contribution in [0, 0.1) is 11.8 Å². The molecular weight excluding hydrogens is 606 g/mol. The number of hydrogen-bond donors (Lipinski definition) is 3. The maximum absolute atomic E-state index is 14.1. The number of thioether (sulfide) groups is 1. The van der Waals surface area contributed by atoms with Crippen LogP contribution in [0.3, 0.4) is 0 Å². The molecule has 7 atom stereocenters. The number of anilines is 2. The Kier molecular flexibility index (Phi) is 8.20. The van der Waals surface area contributed by atoms with Gasteiger partial charge in [-0.3, -0.25) is 14.4 Å². The molecular formula is C28H31BrClN3O5S. The van der Waals surface area contributed by atoms with Crippen molar-refractivity contribution in [1.82, 2.24) is 4.90 Å². The lowest BCUT2D eigenvalue weighted by Gasteiger charge is -2.37. The molecule has 2 aromatic rings. The molecule has 11 heteroatoms. The van der Waals surface area contributed by atoms with Crippen molar-refractivity contribution in [1.29, 1.82) is 0 Å². The van der Waals surface area contributed by atoms with E-state index in [9.17, 15) is 19.5 Å². The third-order valence-electron chi connectivity index (χ3n) is 7.90. The number of aliphatic hydroxyl groups excluding tert-OH is 1. The standard InChI is InChI=1S/C28H31BrClN3O5S/c1-3-18(14-34)33-24(26(36)32-16-7-5-15(30)6-8-16)28-13-20(29)23(39-28)21(22(28)27(33)37)25(35)31-17-9-11-19(12-10-17)38-4-2/h5-12,18,20-24,34H,3-4,13-14H2,1-2H3,(H,31,35)(H,32,36)/t18-,20?,21-,22-,23-,24?,28?/m0/s1. The van der Waals surface area contributed by atoms with E-state index in [1.54, 1.807) is 65.2 Å². The van der Waals surface area contributed by atoms with Crippen molar-refractivity contribution in [3.05, 3.63) is 53.6 Å². The second-order valence-corrected chi connectivity index (χ2v) is 13.2. The lowest BCUT2D eigenvalue weighted by molar-refractivity contribution is -0.141. The number of rotatable bonds is 9. The number of halogens is 2. The van der Waals surface area contributed by atoms with Gasteiger partial charge in [0.15, 0.2) is 0 Å². The van der Waals surface area contributed by atoms with Gasteiger partial charge < -0.3 is 25.4 Å². The SMILES string of the molecule is CCOc1ccc(NC(=O)[C@H]2[C@H]3C(=O)N([C@@H](CC)CO)C(C(=O)Nc4ccc(Cl)cc4)C34CC(Br)[C@@H]2S4)cc1. The first kappa shape index (κ1) is 28.3. The molecule has 0 aromatic heterocycles. The molecule has 0 radical (unpaired) electrons. The van der Waals surface area contributed by atoms with Crippen LogP contribution in [0.25, 0.3) is 0 Å². The normalized spacial score (nSPS) is 29.7. The second-order valence-electron chi connectivity index (χ2n) is 10.1. The number of likely N-dealkylation sites (tertiary alicyclic amines) is 1. The van der Waals surface area contributed by atoms with Gasteiger partial charge in [0.1, 0.15) is 11.8 Å². The van der Waals surface area contributed by atoms with Crippen LogP contribution in [0.15, 0.2) is 48.5 Å². The molecule has 3 aliphatic rings. The maximum atomic E-state index is 14.1. The number of benzene rings is 2. The zero-order chi connectivity index (χ0) is 27.9. The maximum Gasteiger partial charge on any atom is 0.248 e. The van der Waals surface area contributed by atoms with Gasteiger partial charge in [-0.1, -0.05) is 34.5 Å².